The monoisotopic (exact) mass is 289 g/mol. The first kappa shape index (κ1) is 16.4. The minimum atomic E-state index is 0.629. The molecule has 3 atom stereocenters. The SMILES string of the molecule is CCCC1CN(Cc2ncccc2C)C(C(C)CC)CN1. The van der Waals surface area contributed by atoms with E-state index in [1.165, 1.54) is 30.5 Å². The Labute approximate surface area is 130 Å². The van der Waals surface area contributed by atoms with Gasteiger partial charge in [-0.1, -0.05) is 39.7 Å². The third-order valence-corrected chi connectivity index (χ3v) is 4.95. The summed E-state index contributed by atoms with van der Waals surface area (Å²) in [5.41, 5.74) is 2.55. The van der Waals surface area contributed by atoms with E-state index in [2.05, 4.69) is 49.0 Å². The van der Waals surface area contributed by atoms with E-state index in [1.807, 2.05) is 12.3 Å². The van der Waals surface area contributed by atoms with Gasteiger partial charge in [0.05, 0.1) is 5.69 Å². The van der Waals surface area contributed by atoms with Crippen LogP contribution in [0, 0.1) is 12.8 Å². The van der Waals surface area contributed by atoms with Gasteiger partial charge in [0.1, 0.15) is 0 Å². The number of nitrogens with zero attached hydrogens (tertiary/aromatic N) is 2. The van der Waals surface area contributed by atoms with Gasteiger partial charge in [0, 0.05) is 37.9 Å². The zero-order valence-electron chi connectivity index (χ0n) is 14.1. The molecule has 3 nitrogen and oxygen atoms in total. The highest BCUT2D eigenvalue weighted by atomic mass is 15.2. The zero-order chi connectivity index (χ0) is 15.2. The number of hydrogen-bond donors (Lipinski definition) is 1. The van der Waals surface area contributed by atoms with Crippen LogP contribution in [-0.2, 0) is 6.54 Å². The molecule has 1 aliphatic rings. The lowest BCUT2D eigenvalue weighted by molar-refractivity contribution is 0.0805. The molecule has 0 radical (unpaired) electrons. The number of aromatic nitrogens is 1. The van der Waals surface area contributed by atoms with Crippen molar-refractivity contribution < 1.29 is 0 Å². The molecule has 0 aromatic carbocycles. The van der Waals surface area contributed by atoms with Crippen LogP contribution in [0.3, 0.4) is 0 Å². The van der Waals surface area contributed by atoms with Gasteiger partial charge in [-0.15, -0.1) is 0 Å². The van der Waals surface area contributed by atoms with Gasteiger partial charge in [0.25, 0.3) is 0 Å². The number of rotatable bonds is 6. The third kappa shape index (κ3) is 4.27. The Bertz CT molecular complexity index is 432. The van der Waals surface area contributed by atoms with E-state index in [0.29, 0.717) is 12.1 Å². The average Bonchev–Trinajstić information content (AvgIpc) is 2.49. The summed E-state index contributed by atoms with van der Waals surface area (Å²) >= 11 is 0. The van der Waals surface area contributed by atoms with E-state index in [4.69, 9.17) is 0 Å². The summed E-state index contributed by atoms with van der Waals surface area (Å²) in [6.07, 6.45) is 5.68. The molecule has 3 heteroatoms. The fraction of sp³-hybridized carbons (Fsp3) is 0.722. The second-order valence-electron chi connectivity index (χ2n) is 6.54. The average molecular weight is 289 g/mol. The van der Waals surface area contributed by atoms with Crippen LogP contribution in [0.2, 0.25) is 0 Å². The Morgan fingerprint density at radius 3 is 2.90 bits per heavy atom. The van der Waals surface area contributed by atoms with Gasteiger partial charge in [-0.05, 0) is 30.9 Å². The first-order valence-electron chi connectivity index (χ1n) is 8.53. The topological polar surface area (TPSA) is 28.2 Å². The van der Waals surface area contributed by atoms with Crippen molar-refractivity contribution in [2.24, 2.45) is 5.92 Å². The van der Waals surface area contributed by atoms with Crippen LogP contribution in [0.4, 0.5) is 0 Å². The molecule has 1 N–H and O–H groups in total. The van der Waals surface area contributed by atoms with Crippen molar-refractivity contribution in [3.8, 4) is 0 Å². The Balaban J connectivity index is 2.11. The predicted octanol–water partition coefficient (Wildman–Crippen LogP) is 3.38. The summed E-state index contributed by atoms with van der Waals surface area (Å²) < 4.78 is 0. The van der Waals surface area contributed by atoms with Crippen LogP contribution in [0.25, 0.3) is 0 Å². The number of nitrogens with one attached hydrogen (secondary N) is 1. The molecule has 3 unspecified atom stereocenters. The van der Waals surface area contributed by atoms with Crippen LogP contribution < -0.4 is 5.32 Å². The van der Waals surface area contributed by atoms with Crippen molar-refractivity contribution in [3.05, 3.63) is 29.6 Å². The smallest absolute Gasteiger partial charge is 0.0573 e. The van der Waals surface area contributed by atoms with Crippen LogP contribution in [0.15, 0.2) is 18.3 Å². The standard InChI is InChI=1S/C18H31N3/c1-5-8-16-12-21(18(11-20-16)14(3)6-2)13-17-15(4)9-7-10-19-17/h7,9-10,14,16,18,20H,5-6,8,11-13H2,1-4H3. The van der Waals surface area contributed by atoms with E-state index in [0.717, 1.165) is 25.6 Å². The number of pyridine rings is 1. The fourth-order valence-corrected chi connectivity index (χ4v) is 3.33. The molecule has 0 aliphatic carbocycles. The van der Waals surface area contributed by atoms with Crippen LogP contribution in [0.1, 0.15) is 51.3 Å². The molecule has 2 heterocycles. The van der Waals surface area contributed by atoms with Crippen LogP contribution in [0.5, 0.6) is 0 Å². The van der Waals surface area contributed by atoms with Crippen molar-refractivity contribution in [3.63, 3.8) is 0 Å². The van der Waals surface area contributed by atoms with E-state index in [-0.39, 0.29) is 0 Å². The van der Waals surface area contributed by atoms with Gasteiger partial charge in [-0.25, -0.2) is 0 Å². The highest BCUT2D eigenvalue weighted by molar-refractivity contribution is 5.17. The summed E-state index contributed by atoms with van der Waals surface area (Å²) in [4.78, 5) is 7.27. The molecule has 0 saturated carbocycles. The van der Waals surface area contributed by atoms with Gasteiger partial charge in [-0.2, -0.15) is 0 Å². The normalized spacial score (nSPS) is 25.0. The van der Waals surface area contributed by atoms with Crippen molar-refractivity contribution in [1.82, 2.24) is 15.2 Å². The molecule has 0 bridgehead atoms. The summed E-state index contributed by atoms with van der Waals surface area (Å²) in [6.45, 7) is 12.4. The quantitative estimate of drug-likeness (QED) is 0.870. The zero-order valence-corrected chi connectivity index (χ0v) is 14.1. The first-order chi connectivity index (χ1) is 10.2. The minimum Gasteiger partial charge on any atom is -0.311 e. The van der Waals surface area contributed by atoms with Crippen molar-refractivity contribution in [2.45, 2.75) is 65.6 Å². The minimum absolute atomic E-state index is 0.629. The van der Waals surface area contributed by atoms with Crippen molar-refractivity contribution in [1.29, 1.82) is 0 Å². The molecule has 21 heavy (non-hydrogen) atoms. The van der Waals surface area contributed by atoms with E-state index < -0.39 is 0 Å². The Morgan fingerprint density at radius 1 is 1.43 bits per heavy atom. The maximum Gasteiger partial charge on any atom is 0.0573 e. The first-order valence-corrected chi connectivity index (χ1v) is 8.53. The maximum atomic E-state index is 4.60. The maximum absolute atomic E-state index is 4.60. The van der Waals surface area contributed by atoms with Gasteiger partial charge < -0.3 is 5.32 Å². The van der Waals surface area contributed by atoms with Gasteiger partial charge in [0.2, 0.25) is 0 Å². The van der Waals surface area contributed by atoms with Crippen LogP contribution >= 0.6 is 0 Å². The number of piperazine rings is 1. The Kier molecular flexibility index (Phi) is 6.19. The van der Waals surface area contributed by atoms with E-state index in [1.54, 1.807) is 0 Å². The van der Waals surface area contributed by atoms with Crippen molar-refractivity contribution >= 4 is 0 Å². The van der Waals surface area contributed by atoms with E-state index in [9.17, 15) is 0 Å². The predicted molar refractivity (Wildman–Crippen MR) is 89.3 cm³/mol. The summed E-state index contributed by atoms with van der Waals surface area (Å²) in [5, 5.41) is 3.75. The molecule has 1 aromatic heterocycles. The molecule has 1 saturated heterocycles. The number of aryl methyl sites for hydroxylation is 1. The van der Waals surface area contributed by atoms with Crippen LogP contribution in [-0.4, -0.2) is 35.1 Å². The molecule has 118 valence electrons. The highest BCUT2D eigenvalue weighted by Gasteiger charge is 2.30. The summed E-state index contributed by atoms with van der Waals surface area (Å²) in [7, 11) is 0. The lowest BCUT2D eigenvalue weighted by Gasteiger charge is -2.43. The molecular weight excluding hydrogens is 258 g/mol. The second-order valence-corrected chi connectivity index (χ2v) is 6.54. The molecular formula is C18H31N3. The van der Waals surface area contributed by atoms with Crippen molar-refractivity contribution in [2.75, 3.05) is 13.1 Å². The molecule has 1 aliphatic heterocycles. The number of hydrogen-bond acceptors (Lipinski definition) is 3. The molecule has 1 aromatic rings. The van der Waals surface area contributed by atoms with Gasteiger partial charge in [-0.3, -0.25) is 9.88 Å². The van der Waals surface area contributed by atoms with Gasteiger partial charge in [0.15, 0.2) is 0 Å². The summed E-state index contributed by atoms with van der Waals surface area (Å²) in [5.74, 6) is 0.726. The lowest BCUT2D eigenvalue weighted by atomic mass is 9.93. The molecule has 0 spiro atoms. The Morgan fingerprint density at radius 2 is 2.24 bits per heavy atom. The molecule has 1 fully saturated rings. The molecule has 2 rings (SSSR count). The largest absolute Gasteiger partial charge is 0.311 e. The summed E-state index contributed by atoms with van der Waals surface area (Å²) in [6, 6.07) is 5.47. The van der Waals surface area contributed by atoms with E-state index >= 15 is 0 Å². The Hall–Kier alpha value is -0.930. The van der Waals surface area contributed by atoms with Gasteiger partial charge >= 0.3 is 0 Å². The lowest BCUT2D eigenvalue weighted by Crippen LogP contribution is -2.58. The highest BCUT2D eigenvalue weighted by Crippen LogP contribution is 2.22. The third-order valence-electron chi connectivity index (χ3n) is 4.95. The molecule has 0 amide bonds. The second kappa shape index (κ2) is 7.90. The fourth-order valence-electron chi connectivity index (χ4n) is 3.33.